The molecule has 2 aromatic carbocycles. The molecule has 1 heterocycles. The van der Waals surface area contributed by atoms with E-state index in [-0.39, 0.29) is 5.56 Å². The fourth-order valence-corrected chi connectivity index (χ4v) is 1.95. The lowest BCUT2D eigenvalue weighted by atomic mass is 10.1. The summed E-state index contributed by atoms with van der Waals surface area (Å²) in [4.78, 5) is 16.0. The van der Waals surface area contributed by atoms with Crippen LogP contribution in [0.2, 0.25) is 0 Å². The van der Waals surface area contributed by atoms with E-state index in [0.29, 0.717) is 16.8 Å². The van der Waals surface area contributed by atoms with Gasteiger partial charge in [-0.1, -0.05) is 0 Å². The number of halogens is 3. The molecule has 1 N–H and O–H groups in total. The summed E-state index contributed by atoms with van der Waals surface area (Å²) >= 11 is 0. The number of hydrogen-bond donors (Lipinski definition) is 1. The maximum Gasteiger partial charge on any atom is 0.416 e. The Hall–Kier alpha value is -2.83. The second-order valence-corrected chi connectivity index (χ2v) is 4.56. The van der Waals surface area contributed by atoms with E-state index in [1.54, 1.807) is 18.2 Å². The molecular weight excluding hydrogens is 297 g/mol. The molecule has 0 atom stereocenters. The number of alkyl halides is 3. The molecule has 0 unspecified atom stereocenters. The van der Waals surface area contributed by atoms with E-state index in [1.807, 2.05) is 0 Å². The number of benzene rings is 2. The molecule has 0 aliphatic carbocycles. The Balaban J connectivity index is 1.78. The zero-order chi connectivity index (χ0) is 15.7. The summed E-state index contributed by atoms with van der Waals surface area (Å²) in [7, 11) is 0. The summed E-state index contributed by atoms with van der Waals surface area (Å²) in [5, 5.41) is 2.59. The van der Waals surface area contributed by atoms with Crippen molar-refractivity contribution in [3.8, 4) is 0 Å². The van der Waals surface area contributed by atoms with Crippen LogP contribution in [0.3, 0.4) is 0 Å². The maximum absolute atomic E-state index is 12.5. The van der Waals surface area contributed by atoms with Gasteiger partial charge in [0.25, 0.3) is 5.91 Å². The van der Waals surface area contributed by atoms with Crippen molar-refractivity contribution in [1.82, 2.24) is 4.98 Å². The Morgan fingerprint density at radius 1 is 1.09 bits per heavy atom. The Morgan fingerprint density at radius 3 is 2.50 bits per heavy atom. The second kappa shape index (κ2) is 5.18. The smallest absolute Gasteiger partial charge is 0.416 e. The molecule has 22 heavy (non-hydrogen) atoms. The quantitative estimate of drug-likeness (QED) is 0.775. The van der Waals surface area contributed by atoms with E-state index in [1.165, 1.54) is 6.39 Å². The van der Waals surface area contributed by atoms with Crippen LogP contribution in [0.5, 0.6) is 0 Å². The van der Waals surface area contributed by atoms with E-state index in [4.69, 9.17) is 4.42 Å². The third kappa shape index (κ3) is 2.78. The summed E-state index contributed by atoms with van der Waals surface area (Å²) in [6, 6.07) is 8.89. The van der Waals surface area contributed by atoms with E-state index < -0.39 is 17.6 Å². The molecule has 0 saturated heterocycles. The van der Waals surface area contributed by atoms with E-state index in [0.717, 1.165) is 24.3 Å². The summed E-state index contributed by atoms with van der Waals surface area (Å²) < 4.78 is 42.5. The van der Waals surface area contributed by atoms with Crippen LogP contribution in [0, 0.1) is 0 Å². The third-order valence-corrected chi connectivity index (χ3v) is 3.06. The largest absolute Gasteiger partial charge is 0.443 e. The second-order valence-electron chi connectivity index (χ2n) is 4.56. The first-order chi connectivity index (χ1) is 10.4. The van der Waals surface area contributed by atoms with Crippen LogP contribution in [0.15, 0.2) is 53.3 Å². The number of aromatic nitrogens is 1. The molecule has 4 nitrogen and oxygen atoms in total. The lowest BCUT2D eigenvalue weighted by Crippen LogP contribution is -2.12. The van der Waals surface area contributed by atoms with Gasteiger partial charge in [0.05, 0.1) is 5.56 Å². The lowest BCUT2D eigenvalue weighted by molar-refractivity contribution is -0.137. The van der Waals surface area contributed by atoms with Crippen molar-refractivity contribution < 1.29 is 22.4 Å². The van der Waals surface area contributed by atoms with Gasteiger partial charge in [-0.25, -0.2) is 4.98 Å². The highest BCUT2D eigenvalue weighted by Gasteiger charge is 2.30. The summed E-state index contributed by atoms with van der Waals surface area (Å²) in [5.74, 6) is -0.507. The number of fused-ring (bicyclic) bond motifs is 1. The van der Waals surface area contributed by atoms with E-state index >= 15 is 0 Å². The lowest BCUT2D eigenvalue weighted by Gasteiger charge is -2.08. The standard InChI is InChI=1S/C15H9F3N2O2/c16-15(17,18)10-3-1-9(2-4-10)14(21)20-11-5-6-12-13(7-11)22-8-19-12/h1-8H,(H,20,21). The Kier molecular flexibility index (Phi) is 3.32. The molecule has 3 rings (SSSR count). The van der Waals surface area contributed by atoms with Gasteiger partial charge in [0.1, 0.15) is 5.52 Å². The number of carbonyl (C=O) groups is 1. The predicted octanol–water partition coefficient (Wildman–Crippen LogP) is 4.10. The minimum absolute atomic E-state index is 0.130. The van der Waals surface area contributed by atoms with Crippen LogP contribution in [0.25, 0.3) is 11.1 Å². The van der Waals surface area contributed by atoms with Crippen LogP contribution >= 0.6 is 0 Å². The highest BCUT2D eigenvalue weighted by atomic mass is 19.4. The van der Waals surface area contributed by atoms with Crippen LogP contribution in [-0.2, 0) is 6.18 Å². The number of anilines is 1. The first kappa shape index (κ1) is 14.1. The Labute approximate surface area is 122 Å². The van der Waals surface area contributed by atoms with E-state index in [9.17, 15) is 18.0 Å². The first-order valence-electron chi connectivity index (χ1n) is 6.25. The highest BCUT2D eigenvalue weighted by Crippen LogP contribution is 2.29. The van der Waals surface area contributed by atoms with Crippen molar-refractivity contribution in [2.24, 2.45) is 0 Å². The van der Waals surface area contributed by atoms with Gasteiger partial charge in [0, 0.05) is 17.3 Å². The fraction of sp³-hybridized carbons (Fsp3) is 0.0667. The zero-order valence-corrected chi connectivity index (χ0v) is 11.0. The minimum atomic E-state index is -4.42. The number of nitrogens with zero attached hydrogens (tertiary/aromatic N) is 1. The van der Waals surface area contributed by atoms with Gasteiger partial charge in [-0.3, -0.25) is 4.79 Å². The Morgan fingerprint density at radius 2 is 1.82 bits per heavy atom. The van der Waals surface area contributed by atoms with Crippen LogP contribution in [0.1, 0.15) is 15.9 Å². The van der Waals surface area contributed by atoms with Crippen molar-refractivity contribution >= 4 is 22.7 Å². The van der Waals surface area contributed by atoms with Gasteiger partial charge in [-0.2, -0.15) is 13.2 Å². The molecule has 0 aliphatic heterocycles. The third-order valence-electron chi connectivity index (χ3n) is 3.06. The normalized spacial score (nSPS) is 11.6. The van der Waals surface area contributed by atoms with Crippen molar-refractivity contribution in [1.29, 1.82) is 0 Å². The molecule has 0 fully saturated rings. The van der Waals surface area contributed by atoms with Crippen LogP contribution in [0.4, 0.5) is 18.9 Å². The Bertz CT molecular complexity index is 823. The first-order valence-corrected chi connectivity index (χ1v) is 6.25. The molecule has 3 aromatic rings. The number of carbonyl (C=O) groups excluding carboxylic acids is 1. The minimum Gasteiger partial charge on any atom is -0.443 e. The molecular formula is C15H9F3N2O2. The monoisotopic (exact) mass is 306 g/mol. The number of rotatable bonds is 2. The molecule has 1 aromatic heterocycles. The van der Waals surface area contributed by atoms with Crippen LogP contribution in [-0.4, -0.2) is 10.9 Å². The van der Waals surface area contributed by atoms with Crippen molar-refractivity contribution in [3.63, 3.8) is 0 Å². The highest BCUT2D eigenvalue weighted by molar-refractivity contribution is 6.04. The SMILES string of the molecule is O=C(Nc1ccc2ncoc2c1)c1ccc(C(F)(F)F)cc1. The molecule has 1 amide bonds. The average Bonchev–Trinajstić information content (AvgIpc) is 2.94. The van der Waals surface area contributed by atoms with Crippen molar-refractivity contribution in [2.75, 3.05) is 5.32 Å². The van der Waals surface area contributed by atoms with Gasteiger partial charge >= 0.3 is 6.18 Å². The van der Waals surface area contributed by atoms with Crippen LogP contribution < -0.4 is 5.32 Å². The number of amides is 1. The van der Waals surface area contributed by atoms with Gasteiger partial charge in [0.2, 0.25) is 0 Å². The van der Waals surface area contributed by atoms with Gasteiger partial charge in [-0.15, -0.1) is 0 Å². The summed E-state index contributed by atoms with van der Waals surface area (Å²) in [6.45, 7) is 0. The maximum atomic E-state index is 12.5. The number of nitrogens with one attached hydrogen (secondary N) is 1. The fourth-order valence-electron chi connectivity index (χ4n) is 1.95. The number of oxazole rings is 1. The zero-order valence-electron chi connectivity index (χ0n) is 11.0. The average molecular weight is 306 g/mol. The summed E-state index contributed by atoms with van der Waals surface area (Å²) in [6.07, 6.45) is -3.14. The molecule has 0 radical (unpaired) electrons. The summed E-state index contributed by atoms with van der Waals surface area (Å²) in [5.41, 5.74) is 0.949. The van der Waals surface area contributed by atoms with Gasteiger partial charge in [-0.05, 0) is 36.4 Å². The molecule has 0 spiro atoms. The molecule has 112 valence electrons. The molecule has 7 heteroatoms. The van der Waals surface area contributed by atoms with Gasteiger partial charge < -0.3 is 9.73 Å². The number of hydrogen-bond acceptors (Lipinski definition) is 3. The predicted molar refractivity (Wildman–Crippen MR) is 73.4 cm³/mol. The molecule has 0 saturated carbocycles. The van der Waals surface area contributed by atoms with Crippen molar-refractivity contribution in [3.05, 3.63) is 60.0 Å². The molecule has 0 bridgehead atoms. The topological polar surface area (TPSA) is 55.1 Å². The molecule has 0 aliphatic rings. The van der Waals surface area contributed by atoms with Crippen molar-refractivity contribution in [2.45, 2.75) is 6.18 Å². The van der Waals surface area contributed by atoms with Gasteiger partial charge in [0.15, 0.2) is 12.0 Å². The van der Waals surface area contributed by atoms with E-state index in [2.05, 4.69) is 10.3 Å².